The van der Waals surface area contributed by atoms with Crippen LogP contribution in [0.2, 0.25) is 0 Å². The topological polar surface area (TPSA) is 61.4 Å². The Bertz CT molecular complexity index is 746. The van der Waals surface area contributed by atoms with Crippen molar-refractivity contribution in [1.29, 1.82) is 0 Å². The van der Waals surface area contributed by atoms with E-state index in [4.69, 9.17) is 0 Å². The van der Waals surface area contributed by atoms with E-state index in [9.17, 15) is 9.59 Å². The molecule has 0 aromatic heterocycles. The van der Waals surface area contributed by atoms with Gasteiger partial charge in [0.25, 0.3) is 5.91 Å². The summed E-state index contributed by atoms with van der Waals surface area (Å²) in [6.45, 7) is 1.44. The number of nitrogens with zero attached hydrogens (tertiary/aromatic N) is 1. The van der Waals surface area contributed by atoms with Crippen LogP contribution in [0.1, 0.15) is 22.3 Å². The number of fused-ring (bicyclic) bond motifs is 1. The van der Waals surface area contributed by atoms with Crippen LogP contribution in [0.4, 0.5) is 5.69 Å². The number of carbonyl (C=O) groups excluding carboxylic acids is 2. The van der Waals surface area contributed by atoms with Crippen LogP contribution < -0.4 is 15.5 Å². The molecule has 25 heavy (non-hydrogen) atoms. The lowest BCUT2D eigenvalue weighted by atomic mass is 9.95. The Morgan fingerprint density at radius 2 is 1.88 bits per heavy atom. The Balaban J connectivity index is 1.45. The van der Waals surface area contributed by atoms with Crippen LogP contribution >= 0.6 is 0 Å². The zero-order valence-corrected chi connectivity index (χ0v) is 14.4. The molecule has 5 heteroatoms. The number of amides is 2. The van der Waals surface area contributed by atoms with E-state index in [1.807, 2.05) is 43.4 Å². The second kappa shape index (κ2) is 7.83. The minimum Gasteiger partial charge on any atom is -0.375 e. The Hall–Kier alpha value is -2.82. The molecule has 0 unspecified atom stereocenters. The fourth-order valence-electron chi connectivity index (χ4n) is 3.05. The second-order valence-corrected chi connectivity index (χ2v) is 6.29. The molecule has 2 aromatic carbocycles. The SMILES string of the molecule is CN(CCCNC(=O)[C@H]1Cc2ccccc2C(=O)N1)c1ccccc1. The first kappa shape index (κ1) is 17.0. The number of carbonyl (C=O) groups is 2. The van der Waals surface area contributed by atoms with Crippen LogP contribution in [0, 0.1) is 0 Å². The average Bonchev–Trinajstić information content (AvgIpc) is 2.65. The van der Waals surface area contributed by atoms with Gasteiger partial charge in [0.2, 0.25) is 5.91 Å². The summed E-state index contributed by atoms with van der Waals surface area (Å²) in [7, 11) is 2.04. The summed E-state index contributed by atoms with van der Waals surface area (Å²) < 4.78 is 0. The van der Waals surface area contributed by atoms with Crippen molar-refractivity contribution in [2.24, 2.45) is 0 Å². The second-order valence-electron chi connectivity index (χ2n) is 6.29. The van der Waals surface area contributed by atoms with Crippen LogP contribution in [0.5, 0.6) is 0 Å². The van der Waals surface area contributed by atoms with Crippen LogP contribution in [-0.2, 0) is 11.2 Å². The molecule has 5 nitrogen and oxygen atoms in total. The summed E-state index contributed by atoms with van der Waals surface area (Å²) in [5.74, 6) is -0.295. The number of anilines is 1. The van der Waals surface area contributed by atoms with Gasteiger partial charge in [-0.2, -0.15) is 0 Å². The van der Waals surface area contributed by atoms with Gasteiger partial charge in [0, 0.05) is 37.8 Å². The van der Waals surface area contributed by atoms with Gasteiger partial charge in [0.15, 0.2) is 0 Å². The smallest absolute Gasteiger partial charge is 0.252 e. The molecule has 1 atom stereocenters. The third-order valence-electron chi connectivity index (χ3n) is 4.47. The minimum atomic E-state index is -0.491. The highest BCUT2D eigenvalue weighted by atomic mass is 16.2. The molecule has 1 aliphatic heterocycles. The van der Waals surface area contributed by atoms with Crippen molar-refractivity contribution in [2.75, 3.05) is 25.0 Å². The normalized spacial score (nSPS) is 15.9. The highest BCUT2D eigenvalue weighted by Gasteiger charge is 2.28. The zero-order valence-electron chi connectivity index (χ0n) is 14.4. The summed E-state index contributed by atoms with van der Waals surface area (Å²) in [6.07, 6.45) is 1.38. The van der Waals surface area contributed by atoms with Crippen molar-refractivity contribution in [3.05, 3.63) is 65.7 Å². The average molecular weight is 337 g/mol. The number of nitrogens with one attached hydrogen (secondary N) is 2. The molecule has 0 radical (unpaired) electrons. The van der Waals surface area contributed by atoms with Crippen molar-refractivity contribution in [3.8, 4) is 0 Å². The van der Waals surface area contributed by atoms with Crippen molar-refractivity contribution in [1.82, 2.24) is 10.6 Å². The molecular weight excluding hydrogens is 314 g/mol. The van der Waals surface area contributed by atoms with E-state index in [0.29, 0.717) is 18.5 Å². The van der Waals surface area contributed by atoms with Crippen LogP contribution in [0.3, 0.4) is 0 Å². The lowest BCUT2D eigenvalue weighted by Gasteiger charge is -2.25. The van der Waals surface area contributed by atoms with Gasteiger partial charge in [-0.15, -0.1) is 0 Å². The molecule has 0 saturated heterocycles. The highest BCUT2D eigenvalue weighted by molar-refractivity contribution is 6.00. The minimum absolute atomic E-state index is 0.120. The van der Waals surface area contributed by atoms with E-state index in [0.717, 1.165) is 24.2 Å². The summed E-state index contributed by atoms with van der Waals surface area (Å²) in [5, 5.41) is 5.72. The van der Waals surface area contributed by atoms with E-state index >= 15 is 0 Å². The number of hydrogen-bond acceptors (Lipinski definition) is 3. The third kappa shape index (κ3) is 4.18. The van der Waals surface area contributed by atoms with Gasteiger partial charge in [-0.1, -0.05) is 36.4 Å². The molecule has 1 heterocycles. The lowest BCUT2D eigenvalue weighted by Crippen LogP contribution is -2.51. The first-order chi connectivity index (χ1) is 12.1. The van der Waals surface area contributed by atoms with Gasteiger partial charge in [0.05, 0.1) is 0 Å². The first-order valence-electron chi connectivity index (χ1n) is 8.58. The van der Waals surface area contributed by atoms with Crippen LogP contribution in [0.25, 0.3) is 0 Å². The van der Waals surface area contributed by atoms with Gasteiger partial charge in [-0.05, 0) is 30.2 Å². The maximum atomic E-state index is 12.3. The fourth-order valence-corrected chi connectivity index (χ4v) is 3.05. The number of benzene rings is 2. The maximum absolute atomic E-state index is 12.3. The van der Waals surface area contributed by atoms with Crippen molar-refractivity contribution >= 4 is 17.5 Å². The van der Waals surface area contributed by atoms with Gasteiger partial charge < -0.3 is 15.5 Å². The van der Waals surface area contributed by atoms with Crippen LogP contribution in [-0.4, -0.2) is 38.0 Å². The first-order valence-corrected chi connectivity index (χ1v) is 8.58. The number of para-hydroxylation sites is 1. The molecule has 2 amide bonds. The van der Waals surface area contributed by atoms with Crippen molar-refractivity contribution in [3.63, 3.8) is 0 Å². The largest absolute Gasteiger partial charge is 0.375 e. The van der Waals surface area contributed by atoms with Crippen molar-refractivity contribution in [2.45, 2.75) is 18.9 Å². The molecule has 130 valence electrons. The van der Waals surface area contributed by atoms with Gasteiger partial charge >= 0.3 is 0 Å². The third-order valence-corrected chi connectivity index (χ3v) is 4.47. The van der Waals surface area contributed by atoms with Crippen LogP contribution in [0.15, 0.2) is 54.6 Å². The van der Waals surface area contributed by atoms with Gasteiger partial charge in [-0.25, -0.2) is 0 Å². The Kier molecular flexibility index (Phi) is 5.33. The molecule has 3 rings (SSSR count). The molecule has 0 bridgehead atoms. The zero-order chi connectivity index (χ0) is 17.6. The molecule has 0 aliphatic carbocycles. The van der Waals surface area contributed by atoms with Crippen molar-refractivity contribution < 1.29 is 9.59 Å². The monoisotopic (exact) mass is 337 g/mol. The molecule has 2 aromatic rings. The summed E-state index contributed by atoms with van der Waals surface area (Å²) in [6, 6.07) is 17.1. The molecule has 0 spiro atoms. The molecule has 0 saturated carbocycles. The van der Waals surface area contributed by atoms with Gasteiger partial charge in [0.1, 0.15) is 6.04 Å². The molecule has 0 fully saturated rings. The Morgan fingerprint density at radius 1 is 1.16 bits per heavy atom. The number of hydrogen-bond donors (Lipinski definition) is 2. The quantitative estimate of drug-likeness (QED) is 0.793. The predicted molar refractivity (Wildman–Crippen MR) is 98.7 cm³/mol. The summed E-state index contributed by atoms with van der Waals surface area (Å²) in [4.78, 5) is 26.6. The molecule has 2 N–H and O–H groups in total. The Labute approximate surface area is 148 Å². The Morgan fingerprint density at radius 3 is 2.68 bits per heavy atom. The molecule has 1 aliphatic rings. The highest BCUT2D eigenvalue weighted by Crippen LogP contribution is 2.16. The van der Waals surface area contributed by atoms with E-state index in [1.54, 1.807) is 6.07 Å². The number of rotatable bonds is 6. The summed E-state index contributed by atoms with van der Waals surface area (Å²) in [5.41, 5.74) is 2.75. The van der Waals surface area contributed by atoms with E-state index < -0.39 is 6.04 Å². The summed E-state index contributed by atoms with van der Waals surface area (Å²) >= 11 is 0. The maximum Gasteiger partial charge on any atom is 0.252 e. The molecular formula is C20H23N3O2. The standard InChI is InChI=1S/C20H23N3O2/c1-23(16-9-3-2-4-10-16)13-7-12-21-20(25)18-14-15-8-5-6-11-17(15)19(24)22-18/h2-6,8-11,18H,7,12-14H2,1H3,(H,21,25)(H,22,24)/t18-/m1/s1. The van der Waals surface area contributed by atoms with E-state index in [2.05, 4.69) is 27.7 Å². The lowest BCUT2D eigenvalue weighted by molar-refractivity contribution is -0.123. The van der Waals surface area contributed by atoms with E-state index in [1.165, 1.54) is 0 Å². The fraction of sp³-hybridized carbons (Fsp3) is 0.300. The van der Waals surface area contributed by atoms with E-state index in [-0.39, 0.29) is 11.8 Å². The van der Waals surface area contributed by atoms with Gasteiger partial charge in [-0.3, -0.25) is 9.59 Å². The predicted octanol–water partition coefficient (Wildman–Crippen LogP) is 1.98.